The Hall–Kier alpha value is -1.85. The van der Waals surface area contributed by atoms with E-state index in [1.54, 1.807) is 0 Å². The second-order valence-electron chi connectivity index (χ2n) is 3.68. The Morgan fingerprint density at radius 1 is 1.60 bits per heavy atom. The summed E-state index contributed by atoms with van der Waals surface area (Å²) >= 11 is 0. The fourth-order valence-corrected chi connectivity index (χ4v) is 1.61. The highest BCUT2D eigenvalue weighted by Crippen LogP contribution is 2.31. The van der Waals surface area contributed by atoms with Crippen LogP contribution in [-0.2, 0) is 0 Å². The van der Waals surface area contributed by atoms with Gasteiger partial charge in [0.15, 0.2) is 11.5 Å². The molecule has 0 radical (unpaired) electrons. The lowest BCUT2D eigenvalue weighted by Crippen LogP contribution is -2.30. The van der Waals surface area contributed by atoms with E-state index in [9.17, 15) is 4.79 Å². The van der Waals surface area contributed by atoms with Gasteiger partial charge in [-0.05, 0) is 13.8 Å². The van der Waals surface area contributed by atoms with Gasteiger partial charge in [0.05, 0.1) is 6.67 Å². The van der Waals surface area contributed by atoms with Crippen molar-refractivity contribution in [3.05, 3.63) is 12.0 Å². The molecular weight excluding hydrogens is 194 g/mol. The van der Waals surface area contributed by atoms with Crippen LogP contribution in [-0.4, -0.2) is 28.6 Å². The molecule has 2 heterocycles. The van der Waals surface area contributed by atoms with E-state index in [1.165, 1.54) is 6.33 Å². The predicted octanol–water partition coefficient (Wildman–Crippen LogP) is 0.173. The summed E-state index contributed by atoms with van der Waals surface area (Å²) in [5.41, 5.74) is 6.11. The molecule has 0 bridgehead atoms. The Bertz CT molecular complexity index is 403. The average Bonchev–Trinajstić information content (AvgIpc) is 2.59. The first-order chi connectivity index (χ1) is 7.11. The van der Waals surface area contributed by atoms with Crippen molar-refractivity contribution < 1.29 is 4.79 Å². The molecule has 1 aromatic heterocycles. The molecule has 1 aliphatic rings. The molecule has 1 aromatic rings. The van der Waals surface area contributed by atoms with Crippen molar-refractivity contribution >= 4 is 17.4 Å². The van der Waals surface area contributed by atoms with Crippen LogP contribution in [0.4, 0.5) is 11.5 Å². The Balaban J connectivity index is 2.48. The molecule has 0 atom stereocenters. The number of anilines is 2. The standard InChI is InChI=1S/C9H13N5O/c1-5(2)14-4-13-7-6(8(10)15)11-3-12-9(7)14/h3,5,13H,4H2,1-2H3,(H2,10,15). The summed E-state index contributed by atoms with van der Waals surface area (Å²) < 4.78 is 0. The van der Waals surface area contributed by atoms with Crippen LogP contribution in [0.5, 0.6) is 0 Å². The van der Waals surface area contributed by atoms with Crippen LogP contribution in [0.15, 0.2) is 6.33 Å². The molecule has 15 heavy (non-hydrogen) atoms. The number of aromatic nitrogens is 2. The molecule has 0 aromatic carbocycles. The van der Waals surface area contributed by atoms with Crippen LogP contribution in [0.25, 0.3) is 0 Å². The van der Waals surface area contributed by atoms with Crippen LogP contribution in [0.3, 0.4) is 0 Å². The van der Waals surface area contributed by atoms with E-state index < -0.39 is 5.91 Å². The van der Waals surface area contributed by atoms with Gasteiger partial charge in [0.1, 0.15) is 12.0 Å². The number of hydrogen-bond donors (Lipinski definition) is 2. The van der Waals surface area contributed by atoms with Gasteiger partial charge < -0.3 is 16.0 Å². The second-order valence-corrected chi connectivity index (χ2v) is 3.68. The molecule has 0 spiro atoms. The van der Waals surface area contributed by atoms with Crippen molar-refractivity contribution in [2.45, 2.75) is 19.9 Å². The fraction of sp³-hybridized carbons (Fsp3) is 0.444. The molecule has 2 rings (SSSR count). The van der Waals surface area contributed by atoms with E-state index in [0.717, 1.165) is 5.82 Å². The highest BCUT2D eigenvalue weighted by Gasteiger charge is 2.26. The summed E-state index contributed by atoms with van der Waals surface area (Å²) in [4.78, 5) is 21.2. The van der Waals surface area contributed by atoms with Crippen LogP contribution < -0.4 is 16.0 Å². The summed E-state index contributed by atoms with van der Waals surface area (Å²) in [7, 11) is 0. The minimum Gasteiger partial charge on any atom is -0.364 e. The van der Waals surface area contributed by atoms with E-state index in [4.69, 9.17) is 5.73 Å². The third-order valence-corrected chi connectivity index (χ3v) is 2.38. The van der Waals surface area contributed by atoms with Crippen molar-refractivity contribution in [3.63, 3.8) is 0 Å². The number of nitrogens with one attached hydrogen (secondary N) is 1. The number of rotatable bonds is 2. The summed E-state index contributed by atoms with van der Waals surface area (Å²) in [6.07, 6.45) is 1.36. The van der Waals surface area contributed by atoms with Crippen molar-refractivity contribution in [2.24, 2.45) is 5.73 Å². The molecule has 0 unspecified atom stereocenters. The molecule has 1 aliphatic heterocycles. The number of nitrogens with two attached hydrogens (primary N) is 1. The maximum absolute atomic E-state index is 11.1. The van der Waals surface area contributed by atoms with Gasteiger partial charge >= 0.3 is 0 Å². The zero-order valence-electron chi connectivity index (χ0n) is 8.69. The molecule has 0 fully saturated rings. The van der Waals surface area contributed by atoms with E-state index in [1.807, 2.05) is 4.90 Å². The molecule has 0 aliphatic carbocycles. The van der Waals surface area contributed by atoms with Crippen LogP contribution in [0.1, 0.15) is 24.3 Å². The van der Waals surface area contributed by atoms with E-state index in [-0.39, 0.29) is 5.69 Å². The van der Waals surface area contributed by atoms with Crippen LogP contribution in [0, 0.1) is 0 Å². The summed E-state index contributed by atoms with van der Waals surface area (Å²) in [5, 5.41) is 3.08. The van der Waals surface area contributed by atoms with E-state index in [2.05, 4.69) is 29.1 Å². The zero-order chi connectivity index (χ0) is 11.0. The largest absolute Gasteiger partial charge is 0.364 e. The lowest BCUT2D eigenvalue weighted by atomic mass is 10.3. The Kier molecular flexibility index (Phi) is 2.18. The third kappa shape index (κ3) is 1.47. The molecule has 0 saturated heterocycles. The highest BCUT2D eigenvalue weighted by atomic mass is 16.1. The molecule has 6 nitrogen and oxygen atoms in total. The normalized spacial score (nSPS) is 13.9. The second kappa shape index (κ2) is 3.38. The summed E-state index contributed by atoms with van der Waals surface area (Å²) in [5.74, 6) is 0.209. The highest BCUT2D eigenvalue weighted by molar-refractivity contribution is 5.99. The maximum atomic E-state index is 11.1. The average molecular weight is 207 g/mol. The zero-order valence-corrected chi connectivity index (χ0v) is 8.69. The van der Waals surface area contributed by atoms with Gasteiger partial charge in [0.2, 0.25) is 0 Å². The first-order valence-corrected chi connectivity index (χ1v) is 4.76. The predicted molar refractivity (Wildman–Crippen MR) is 56.7 cm³/mol. The fourth-order valence-electron chi connectivity index (χ4n) is 1.61. The summed E-state index contributed by atoms with van der Waals surface area (Å²) in [6, 6.07) is 0.314. The number of amides is 1. The van der Waals surface area contributed by atoms with E-state index >= 15 is 0 Å². The Morgan fingerprint density at radius 3 is 2.93 bits per heavy atom. The van der Waals surface area contributed by atoms with Crippen molar-refractivity contribution in [1.82, 2.24) is 9.97 Å². The van der Waals surface area contributed by atoms with Gasteiger partial charge in [-0.1, -0.05) is 0 Å². The number of nitrogens with zero attached hydrogens (tertiary/aromatic N) is 3. The maximum Gasteiger partial charge on any atom is 0.269 e. The minimum absolute atomic E-state index is 0.253. The van der Waals surface area contributed by atoms with Gasteiger partial charge in [-0.3, -0.25) is 4.79 Å². The number of carbonyl (C=O) groups is 1. The van der Waals surface area contributed by atoms with Crippen LogP contribution >= 0.6 is 0 Å². The molecular formula is C9H13N5O. The molecule has 1 amide bonds. The molecule has 3 N–H and O–H groups in total. The topological polar surface area (TPSA) is 84.1 Å². The first kappa shape index (κ1) is 9.70. The van der Waals surface area contributed by atoms with Gasteiger partial charge in [0.25, 0.3) is 5.91 Å². The quantitative estimate of drug-likeness (QED) is 0.722. The Labute approximate surface area is 87.5 Å². The minimum atomic E-state index is -0.535. The smallest absolute Gasteiger partial charge is 0.269 e. The van der Waals surface area contributed by atoms with Crippen molar-refractivity contribution in [3.8, 4) is 0 Å². The van der Waals surface area contributed by atoms with Gasteiger partial charge in [-0.25, -0.2) is 9.97 Å². The third-order valence-electron chi connectivity index (χ3n) is 2.38. The van der Waals surface area contributed by atoms with E-state index in [0.29, 0.717) is 18.4 Å². The Morgan fingerprint density at radius 2 is 2.33 bits per heavy atom. The van der Waals surface area contributed by atoms with Crippen molar-refractivity contribution in [2.75, 3.05) is 16.9 Å². The van der Waals surface area contributed by atoms with Crippen molar-refractivity contribution in [1.29, 1.82) is 0 Å². The number of carbonyl (C=O) groups excluding carboxylic acids is 1. The van der Waals surface area contributed by atoms with Gasteiger partial charge in [-0.2, -0.15) is 0 Å². The summed E-state index contributed by atoms with van der Waals surface area (Å²) in [6.45, 7) is 4.75. The first-order valence-electron chi connectivity index (χ1n) is 4.76. The van der Waals surface area contributed by atoms with Gasteiger partial charge in [0, 0.05) is 6.04 Å². The number of fused-ring (bicyclic) bond motifs is 1. The number of hydrogen-bond acceptors (Lipinski definition) is 5. The monoisotopic (exact) mass is 207 g/mol. The lowest BCUT2D eigenvalue weighted by Gasteiger charge is -2.20. The number of primary amides is 1. The molecule has 80 valence electrons. The SMILES string of the molecule is CC(C)N1CNc2c(C(N)=O)ncnc21. The lowest BCUT2D eigenvalue weighted by molar-refractivity contribution is 0.0996. The molecule has 0 saturated carbocycles. The van der Waals surface area contributed by atoms with Crippen LogP contribution in [0.2, 0.25) is 0 Å². The molecule has 6 heteroatoms. The van der Waals surface area contributed by atoms with Gasteiger partial charge in [-0.15, -0.1) is 0 Å².